The number of nitrogens with zero attached hydrogens (tertiary/aromatic N) is 2. The number of halogens is 1. The molecule has 0 aromatic carbocycles. The lowest BCUT2D eigenvalue weighted by Crippen LogP contribution is -2.43. The number of amides is 1. The molecule has 7 heteroatoms. The molecule has 0 aliphatic carbocycles. The molecule has 2 aliphatic rings. The van der Waals surface area contributed by atoms with E-state index in [0.29, 0.717) is 25.0 Å². The third-order valence-corrected chi connectivity index (χ3v) is 5.35. The van der Waals surface area contributed by atoms with Crippen molar-refractivity contribution in [3.63, 3.8) is 0 Å². The fourth-order valence-corrected chi connectivity index (χ4v) is 4.16. The van der Waals surface area contributed by atoms with E-state index >= 15 is 0 Å². The number of rotatable bonds is 3. The normalized spacial score (nSPS) is 24.5. The van der Waals surface area contributed by atoms with E-state index in [0.717, 1.165) is 38.0 Å². The maximum atomic E-state index is 12.5. The first-order valence-corrected chi connectivity index (χ1v) is 8.21. The molecule has 21 heavy (non-hydrogen) atoms. The number of hydrogen-bond donors (Lipinski definition) is 1. The van der Waals surface area contributed by atoms with Crippen LogP contribution in [0.15, 0.2) is 10.2 Å². The minimum atomic E-state index is 0. The zero-order valence-corrected chi connectivity index (χ0v) is 13.8. The molecule has 3 rings (SSSR count). The molecule has 1 amide bonds. The molecule has 1 aromatic heterocycles. The van der Waals surface area contributed by atoms with Crippen LogP contribution in [-0.4, -0.2) is 40.5 Å². The first-order chi connectivity index (χ1) is 9.66. The van der Waals surface area contributed by atoms with Gasteiger partial charge in [-0.05, 0) is 32.7 Å². The van der Waals surface area contributed by atoms with Crippen LogP contribution in [0.4, 0.5) is 0 Å². The standard InChI is InChI=1S/C14H21N3O2S.ClH/c1-10-9-20-14(19)16(10)7-5-13(18)17-11-2-3-12(17)8-15-6-4-11;/h9,11-12,15H,2-8H2,1H3;1H. The summed E-state index contributed by atoms with van der Waals surface area (Å²) in [4.78, 5) is 26.3. The first-order valence-electron chi connectivity index (χ1n) is 7.33. The predicted molar refractivity (Wildman–Crippen MR) is 86.3 cm³/mol. The molecule has 0 saturated carbocycles. The van der Waals surface area contributed by atoms with Crippen LogP contribution in [0.3, 0.4) is 0 Å². The molecule has 0 spiro atoms. The maximum Gasteiger partial charge on any atom is 0.307 e. The highest BCUT2D eigenvalue weighted by atomic mass is 35.5. The van der Waals surface area contributed by atoms with Gasteiger partial charge in [-0.3, -0.25) is 9.59 Å². The van der Waals surface area contributed by atoms with E-state index in [-0.39, 0.29) is 23.2 Å². The van der Waals surface area contributed by atoms with E-state index in [4.69, 9.17) is 0 Å². The van der Waals surface area contributed by atoms with Crippen molar-refractivity contribution in [3.05, 3.63) is 20.7 Å². The lowest BCUT2D eigenvalue weighted by molar-refractivity contribution is -0.134. The van der Waals surface area contributed by atoms with Crippen LogP contribution in [0.2, 0.25) is 0 Å². The topological polar surface area (TPSA) is 54.3 Å². The monoisotopic (exact) mass is 331 g/mol. The average molecular weight is 332 g/mol. The smallest absolute Gasteiger partial charge is 0.307 e. The van der Waals surface area contributed by atoms with Gasteiger partial charge in [0.25, 0.3) is 0 Å². The van der Waals surface area contributed by atoms with Gasteiger partial charge in [-0.25, -0.2) is 0 Å². The molecule has 3 heterocycles. The van der Waals surface area contributed by atoms with Gasteiger partial charge in [-0.1, -0.05) is 11.3 Å². The molecular weight excluding hydrogens is 310 g/mol. The Hall–Kier alpha value is -0.850. The Bertz CT molecular complexity index is 543. The Balaban J connectivity index is 0.00000161. The van der Waals surface area contributed by atoms with E-state index < -0.39 is 0 Å². The molecule has 0 radical (unpaired) electrons. The van der Waals surface area contributed by atoms with Crippen LogP contribution in [0.25, 0.3) is 0 Å². The van der Waals surface area contributed by atoms with Crippen molar-refractivity contribution in [2.75, 3.05) is 13.1 Å². The van der Waals surface area contributed by atoms with Crippen molar-refractivity contribution in [2.24, 2.45) is 0 Å². The lowest BCUT2D eigenvalue weighted by Gasteiger charge is -2.28. The predicted octanol–water partition coefficient (Wildman–Crippen LogP) is 1.38. The molecule has 1 aromatic rings. The minimum absolute atomic E-state index is 0. The van der Waals surface area contributed by atoms with Gasteiger partial charge in [-0.2, -0.15) is 0 Å². The van der Waals surface area contributed by atoms with Gasteiger partial charge >= 0.3 is 4.87 Å². The summed E-state index contributed by atoms with van der Waals surface area (Å²) in [5, 5.41) is 5.26. The second-order valence-electron chi connectivity index (χ2n) is 5.72. The first kappa shape index (κ1) is 16.5. The van der Waals surface area contributed by atoms with E-state index in [9.17, 15) is 9.59 Å². The second-order valence-corrected chi connectivity index (χ2v) is 6.54. The Labute approximate surface area is 134 Å². The van der Waals surface area contributed by atoms with Crippen molar-refractivity contribution in [3.8, 4) is 0 Å². The van der Waals surface area contributed by atoms with E-state index in [1.54, 1.807) is 4.57 Å². The zero-order valence-electron chi connectivity index (χ0n) is 12.2. The summed E-state index contributed by atoms with van der Waals surface area (Å²) in [5.41, 5.74) is 0.952. The summed E-state index contributed by atoms with van der Waals surface area (Å²) in [6.07, 6.45) is 3.74. The summed E-state index contributed by atoms with van der Waals surface area (Å²) in [6.45, 7) is 4.35. The Morgan fingerprint density at radius 2 is 2.14 bits per heavy atom. The van der Waals surface area contributed by atoms with Crippen LogP contribution in [-0.2, 0) is 11.3 Å². The molecule has 5 nitrogen and oxygen atoms in total. The Kier molecular flexibility index (Phi) is 5.46. The van der Waals surface area contributed by atoms with Crippen LogP contribution in [0, 0.1) is 6.92 Å². The SMILES string of the molecule is Cc1csc(=O)n1CCC(=O)N1C2CCNCC1CC2.Cl. The van der Waals surface area contributed by atoms with Crippen molar-refractivity contribution in [1.29, 1.82) is 0 Å². The molecule has 2 atom stereocenters. The summed E-state index contributed by atoms with van der Waals surface area (Å²) >= 11 is 1.21. The van der Waals surface area contributed by atoms with E-state index in [1.807, 2.05) is 12.3 Å². The number of thiazole rings is 1. The number of carbonyl (C=O) groups is 1. The average Bonchev–Trinajstić information content (AvgIpc) is 2.86. The van der Waals surface area contributed by atoms with Gasteiger partial charge in [0, 0.05) is 42.7 Å². The minimum Gasteiger partial charge on any atom is -0.335 e. The number of carbonyl (C=O) groups excluding carboxylic acids is 1. The molecule has 2 unspecified atom stereocenters. The van der Waals surface area contributed by atoms with Crippen LogP contribution in [0.5, 0.6) is 0 Å². The van der Waals surface area contributed by atoms with Gasteiger partial charge in [0.15, 0.2) is 0 Å². The van der Waals surface area contributed by atoms with Crippen molar-refractivity contribution < 1.29 is 4.79 Å². The van der Waals surface area contributed by atoms with Crippen molar-refractivity contribution in [1.82, 2.24) is 14.8 Å². The summed E-state index contributed by atoms with van der Waals surface area (Å²) in [5.74, 6) is 0.207. The van der Waals surface area contributed by atoms with Gasteiger partial charge in [0.1, 0.15) is 0 Å². The largest absolute Gasteiger partial charge is 0.335 e. The third-order valence-electron chi connectivity index (χ3n) is 4.47. The lowest BCUT2D eigenvalue weighted by atomic mass is 10.1. The third kappa shape index (κ3) is 3.33. The van der Waals surface area contributed by atoms with Gasteiger partial charge in [0.2, 0.25) is 5.91 Å². The molecule has 118 valence electrons. The van der Waals surface area contributed by atoms with E-state index in [1.165, 1.54) is 11.3 Å². The highest BCUT2D eigenvalue weighted by Gasteiger charge is 2.37. The van der Waals surface area contributed by atoms with Gasteiger partial charge in [-0.15, -0.1) is 12.4 Å². The Morgan fingerprint density at radius 1 is 1.38 bits per heavy atom. The quantitative estimate of drug-likeness (QED) is 0.910. The number of aromatic nitrogens is 1. The maximum absolute atomic E-state index is 12.5. The second kappa shape index (κ2) is 6.94. The highest BCUT2D eigenvalue weighted by molar-refractivity contribution is 7.07. The number of aryl methyl sites for hydroxylation is 1. The number of hydrogen-bond acceptors (Lipinski definition) is 4. The van der Waals surface area contributed by atoms with Gasteiger partial charge in [0.05, 0.1) is 0 Å². The van der Waals surface area contributed by atoms with Crippen LogP contribution in [0.1, 0.15) is 31.4 Å². The van der Waals surface area contributed by atoms with Crippen molar-refractivity contribution >= 4 is 29.7 Å². The van der Waals surface area contributed by atoms with Crippen LogP contribution < -0.4 is 10.2 Å². The molecule has 2 aliphatic heterocycles. The highest BCUT2D eigenvalue weighted by Crippen LogP contribution is 2.28. The Morgan fingerprint density at radius 3 is 2.86 bits per heavy atom. The summed E-state index contributed by atoms with van der Waals surface area (Å²) in [6, 6.07) is 0.762. The summed E-state index contributed by atoms with van der Waals surface area (Å²) in [7, 11) is 0. The zero-order chi connectivity index (χ0) is 14.1. The van der Waals surface area contributed by atoms with Crippen LogP contribution >= 0.6 is 23.7 Å². The number of fused-ring (bicyclic) bond motifs is 2. The van der Waals surface area contributed by atoms with Crippen molar-refractivity contribution in [2.45, 2.75) is 51.2 Å². The number of nitrogens with one attached hydrogen (secondary N) is 1. The fraction of sp³-hybridized carbons (Fsp3) is 0.714. The molecule has 1 N–H and O–H groups in total. The van der Waals surface area contributed by atoms with Gasteiger partial charge < -0.3 is 14.8 Å². The summed E-state index contributed by atoms with van der Waals surface area (Å²) < 4.78 is 1.71. The van der Waals surface area contributed by atoms with E-state index in [2.05, 4.69) is 10.2 Å². The molecule has 2 bridgehead atoms. The molecule has 2 fully saturated rings. The molecular formula is C14H22ClN3O2S. The fourth-order valence-electron chi connectivity index (χ4n) is 3.40. The molecule has 2 saturated heterocycles.